The van der Waals surface area contributed by atoms with E-state index in [1.54, 1.807) is 12.1 Å². The highest BCUT2D eigenvalue weighted by Gasteiger charge is 2.30. The fourth-order valence-electron chi connectivity index (χ4n) is 2.07. The van der Waals surface area contributed by atoms with E-state index in [0.717, 1.165) is 24.9 Å². The van der Waals surface area contributed by atoms with E-state index in [1.165, 1.54) is 6.07 Å². The van der Waals surface area contributed by atoms with Crippen molar-refractivity contribution in [2.75, 3.05) is 18.4 Å². The van der Waals surface area contributed by atoms with E-state index in [4.69, 9.17) is 0 Å². The molecular formula is C14H19FN2O. The largest absolute Gasteiger partial charge is 0.374 e. The number of nitrogens with zero attached hydrogens (tertiary/aromatic N) is 1. The topological polar surface area (TPSA) is 32.3 Å². The first-order valence-electron chi connectivity index (χ1n) is 6.41. The summed E-state index contributed by atoms with van der Waals surface area (Å²) >= 11 is 0. The van der Waals surface area contributed by atoms with Crippen molar-refractivity contribution in [1.82, 2.24) is 4.90 Å². The van der Waals surface area contributed by atoms with Gasteiger partial charge in [0, 0.05) is 12.6 Å². The van der Waals surface area contributed by atoms with Gasteiger partial charge in [-0.3, -0.25) is 4.79 Å². The SMILES string of the molecule is CCN(C(=O)CNc1cc(C)ccc1F)C1CC1. The number of hydrogen-bond donors (Lipinski definition) is 1. The van der Waals surface area contributed by atoms with Gasteiger partial charge < -0.3 is 10.2 Å². The van der Waals surface area contributed by atoms with Gasteiger partial charge in [0.25, 0.3) is 0 Å². The molecule has 4 heteroatoms. The zero-order valence-electron chi connectivity index (χ0n) is 10.9. The van der Waals surface area contributed by atoms with Gasteiger partial charge in [-0.1, -0.05) is 6.07 Å². The molecule has 0 spiro atoms. The van der Waals surface area contributed by atoms with E-state index < -0.39 is 0 Å². The lowest BCUT2D eigenvalue weighted by Gasteiger charge is -2.21. The minimum atomic E-state index is -0.317. The fourth-order valence-corrected chi connectivity index (χ4v) is 2.07. The lowest BCUT2D eigenvalue weighted by atomic mass is 10.2. The van der Waals surface area contributed by atoms with Crippen LogP contribution in [0, 0.1) is 12.7 Å². The predicted octanol–water partition coefficient (Wildman–Crippen LogP) is 2.56. The third-order valence-electron chi connectivity index (χ3n) is 3.20. The first-order valence-corrected chi connectivity index (χ1v) is 6.41. The lowest BCUT2D eigenvalue weighted by molar-refractivity contribution is -0.129. The summed E-state index contributed by atoms with van der Waals surface area (Å²) in [4.78, 5) is 13.8. The Morgan fingerprint density at radius 1 is 1.50 bits per heavy atom. The van der Waals surface area contributed by atoms with Gasteiger partial charge in [-0.2, -0.15) is 0 Å². The Kier molecular flexibility index (Phi) is 3.84. The van der Waals surface area contributed by atoms with Crippen molar-refractivity contribution in [3.63, 3.8) is 0 Å². The molecule has 1 aromatic carbocycles. The normalized spacial score (nSPS) is 14.4. The number of carbonyl (C=O) groups is 1. The van der Waals surface area contributed by atoms with Crippen LogP contribution >= 0.6 is 0 Å². The summed E-state index contributed by atoms with van der Waals surface area (Å²) in [6, 6.07) is 5.26. The number of benzene rings is 1. The summed E-state index contributed by atoms with van der Waals surface area (Å²) in [5.74, 6) is -0.274. The molecule has 0 aliphatic heterocycles. The van der Waals surface area contributed by atoms with Crippen LogP contribution in [0.5, 0.6) is 0 Å². The monoisotopic (exact) mass is 250 g/mol. The Balaban J connectivity index is 1.94. The Hall–Kier alpha value is -1.58. The second kappa shape index (κ2) is 5.38. The van der Waals surface area contributed by atoms with E-state index in [-0.39, 0.29) is 18.3 Å². The maximum atomic E-state index is 13.5. The van der Waals surface area contributed by atoms with E-state index in [0.29, 0.717) is 11.7 Å². The molecule has 0 bridgehead atoms. The second-order valence-corrected chi connectivity index (χ2v) is 4.75. The summed E-state index contributed by atoms with van der Waals surface area (Å²) < 4.78 is 13.5. The van der Waals surface area contributed by atoms with E-state index >= 15 is 0 Å². The molecule has 18 heavy (non-hydrogen) atoms. The molecule has 0 saturated heterocycles. The number of carbonyl (C=O) groups excluding carboxylic acids is 1. The number of anilines is 1. The van der Waals surface area contributed by atoms with Gasteiger partial charge in [0.1, 0.15) is 5.82 Å². The van der Waals surface area contributed by atoms with Gasteiger partial charge in [0.05, 0.1) is 12.2 Å². The number of nitrogens with one attached hydrogen (secondary N) is 1. The number of hydrogen-bond acceptors (Lipinski definition) is 2. The number of likely N-dealkylation sites (N-methyl/N-ethyl adjacent to an activating group) is 1. The Morgan fingerprint density at radius 3 is 2.83 bits per heavy atom. The first-order chi connectivity index (χ1) is 8.61. The highest BCUT2D eigenvalue weighted by Crippen LogP contribution is 2.26. The summed E-state index contributed by atoms with van der Waals surface area (Å²) in [5.41, 5.74) is 1.37. The summed E-state index contributed by atoms with van der Waals surface area (Å²) in [7, 11) is 0. The van der Waals surface area contributed by atoms with Gasteiger partial charge in [-0.15, -0.1) is 0 Å². The summed E-state index contributed by atoms with van der Waals surface area (Å²) in [6.45, 7) is 4.75. The van der Waals surface area contributed by atoms with Gasteiger partial charge in [0.2, 0.25) is 5.91 Å². The molecule has 1 aliphatic carbocycles. The fraction of sp³-hybridized carbons (Fsp3) is 0.500. The molecule has 98 valence electrons. The first kappa shape index (κ1) is 12.9. The number of aryl methyl sites for hydroxylation is 1. The quantitative estimate of drug-likeness (QED) is 0.871. The van der Waals surface area contributed by atoms with Crippen molar-refractivity contribution in [3.8, 4) is 0 Å². The van der Waals surface area contributed by atoms with Crippen LogP contribution in [0.4, 0.5) is 10.1 Å². The Morgan fingerprint density at radius 2 is 2.22 bits per heavy atom. The molecule has 2 rings (SSSR count). The predicted molar refractivity (Wildman–Crippen MR) is 70.0 cm³/mol. The van der Waals surface area contributed by atoms with Crippen molar-refractivity contribution in [3.05, 3.63) is 29.6 Å². The number of amides is 1. The standard InChI is InChI=1S/C14H19FN2O/c1-3-17(11-5-6-11)14(18)9-16-13-8-10(2)4-7-12(13)15/h4,7-8,11,16H,3,5-6,9H2,1-2H3. The molecule has 1 fully saturated rings. The molecule has 0 radical (unpaired) electrons. The van der Waals surface area contributed by atoms with E-state index in [2.05, 4.69) is 5.32 Å². The van der Waals surface area contributed by atoms with Gasteiger partial charge >= 0.3 is 0 Å². The maximum Gasteiger partial charge on any atom is 0.242 e. The molecule has 0 aromatic heterocycles. The van der Waals surface area contributed by atoms with Crippen LogP contribution in [0.15, 0.2) is 18.2 Å². The van der Waals surface area contributed by atoms with Crippen molar-refractivity contribution < 1.29 is 9.18 Å². The summed E-state index contributed by atoms with van der Waals surface area (Å²) in [6.07, 6.45) is 2.19. The van der Waals surface area contributed by atoms with Crippen LogP contribution in [0.2, 0.25) is 0 Å². The highest BCUT2D eigenvalue weighted by atomic mass is 19.1. The van der Waals surface area contributed by atoms with Crippen LogP contribution in [-0.4, -0.2) is 29.9 Å². The number of halogens is 1. The molecule has 1 amide bonds. The van der Waals surface area contributed by atoms with Gasteiger partial charge in [-0.25, -0.2) is 4.39 Å². The van der Waals surface area contributed by atoms with E-state index in [9.17, 15) is 9.18 Å². The smallest absolute Gasteiger partial charge is 0.242 e. The van der Waals surface area contributed by atoms with Crippen LogP contribution in [0.3, 0.4) is 0 Å². The van der Waals surface area contributed by atoms with Crippen molar-refractivity contribution >= 4 is 11.6 Å². The molecule has 1 aliphatic rings. The third kappa shape index (κ3) is 3.00. The molecule has 1 saturated carbocycles. The molecule has 1 aromatic rings. The Labute approximate surface area is 107 Å². The zero-order chi connectivity index (χ0) is 13.1. The molecule has 1 N–H and O–H groups in total. The van der Waals surface area contributed by atoms with E-state index in [1.807, 2.05) is 18.7 Å². The average molecular weight is 250 g/mol. The minimum absolute atomic E-state index is 0.0425. The molecule has 0 atom stereocenters. The Bertz CT molecular complexity index is 443. The molecular weight excluding hydrogens is 231 g/mol. The minimum Gasteiger partial charge on any atom is -0.374 e. The molecule has 0 heterocycles. The zero-order valence-corrected chi connectivity index (χ0v) is 10.9. The summed E-state index contributed by atoms with van der Waals surface area (Å²) in [5, 5.41) is 2.88. The molecule has 3 nitrogen and oxygen atoms in total. The van der Waals surface area contributed by atoms with Crippen molar-refractivity contribution in [1.29, 1.82) is 0 Å². The highest BCUT2D eigenvalue weighted by molar-refractivity contribution is 5.81. The van der Waals surface area contributed by atoms with Gasteiger partial charge in [-0.05, 0) is 44.4 Å². The average Bonchev–Trinajstić information content (AvgIpc) is 3.16. The van der Waals surface area contributed by atoms with Gasteiger partial charge in [0.15, 0.2) is 0 Å². The molecule has 0 unspecified atom stereocenters. The van der Waals surface area contributed by atoms with Crippen LogP contribution in [0.25, 0.3) is 0 Å². The maximum absolute atomic E-state index is 13.5. The van der Waals surface area contributed by atoms with Crippen LogP contribution < -0.4 is 5.32 Å². The van der Waals surface area contributed by atoms with Crippen LogP contribution in [-0.2, 0) is 4.79 Å². The number of rotatable bonds is 5. The van der Waals surface area contributed by atoms with Crippen molar-refractivity contribution in [2.45, 2.75) is 32.7 Å². The lowest BCUT2D eigenvalue weighted by Crippen LogP contribution is -2.37. The van der Waals surface area contributed by atoms with Crippen molar-refractivity contribution in [2.24, 2.45) is 0 Å². The second-order valence-electron chi connectivity index (χ2n) is 4.75. The third-order valence-corrected chi connectivity index (χ3v) is 3.20. The van der Waals surface area contributed by atoms with Crippen LogP contribution in [0.1, 0.15) is 25.3 Å².